The van der Waals surface area contributed by atoms with Crippen LogP contribution in [0.1, 0.15) is 19.3 Å². The maximum absolute atomic E-state index is 6.06. The standard InChI is InChI=1S/C9H14ClN5O/c1-16-8-14-6(10)13-7(15-8)12-5-9(11)3-2-4-9/h2-5,11H2,1H3,(H,12,13,14,15). The first-order valence-electron chi connectivity index (χ1n) is 5.10. The lowest BCUT2D eigenvalue weighted by Gasteiger charge is -2.38. The number of anilines is 1. The number of nitrogens with two attached hydrogens (primary N) is 1. The summed E-state index contributed by atoms with van der Waals surface area (Å²) in [5.74, 6) is 0.397. The zero-order valence-electron chi connectivity index (χ0n) is 9.03. The fourth-order valence-electron chi connectivity index (χ4n) is 1.57. The quantitative estimate of drug-likeness (QED) is 0.815. The molecular formula is C9H14ClN5O. The van der Waals surface area contributed by atoms with Gasteiger partial charge >= 0.3 is 6.01 Å². The summed E-state index contributed by atoms with van der Waals surface area (Å²) in [6.45, 7) is 0.635. The highest BCUT2D eigenvalue weighted by Crippen LogP contribution is 2.28. The Kier molecular flexibility index (Phi) is 3.11. The van der Waals surface area contributed by atoms with Crippen LogP contribution >= 0.6 is 11.6 Å². The summed E-state index contributed by atoms with van der Waals surface area (Å²) >= 11 is 5.71. The number of rotatable bonds is 4. The zero-order chi connectivity index (χ0) is 11.6. The molecule has 6 nitrogen and oxygen atoms in total. The Balaban J connectivity index is 2.00. The Hall–Kier alpha value is -1.14. The van der Waals surface area contributed by atoms with E-state index in [4.69, 9.17) is 22.1 Å². The Bertz CT molecular complexity index is 382. The van der Waals surface area contributed by atoms with E-state index in [0.717, 1.165) is 12.8 Å². The lowest BCUT2D eigenvalue weighted by Crippen LogP contribution is -2.52. The minimum Gasteiger partial charge on any atom is -0.467 e. The molecule has 0 saturated heterocycles. The molecule has 1 aromatic rings. The Morgan fingerprint density at radius 2 is 2.19 bits per heavy atom. The summed E-state index contributed by atoms with van der Waals surface area (Å²) in [7, 11) is 1.48. The van der Waals surface area contributed by atoms with Gasteiger partial charge in [0.25, 0.3) is 0 Å². The molecule has 3 N–H and O–H groups in total. The maximum Gasteiger partial charge on any atom is 0.322 e. The van der Waals surface area contributed by atoms with Gasteiger partial charge in [0, 0.05) is 12.1 Å². The van der Waals surface area contributed by atoms with Crippen LogP contribution in [0.2, 0.25) is 5.28 Å². The highest BCUT2D eigenvalue weighted by Gasteiger charge is 2.32. The SMILES string of the molecule is COc1nc(Cl)nc(NCC2(N)CCC2)n1. The second-order valence-corrected chi connectivity index (χ2v) is 4.32. The molecule has 1 saturated carbocycles. The molecule has 1 aliphatic carbocycles. The van der Waals surface area contributed by atoms with Gasteiger partial charge in [-0.05, 0) is 30.9 Å². The van der Waals surface area contributed by atoms with Crippen molar-refractivity contribution in [2.24, 2.45) is 5.73 Å². The second-order valence-electron chi connectivity index (χ2n) is 3.98. The third kappa shape index (κ3) is 2.51. The molecular weight excluding hydrogens is 230 g/mol. The topological polar surface area (TPSA) is 86.0 Å². The highest BCUT2D eigenvalue weighted by molar-refractivity contribution is 6.28. The van der Waals surface area contributed by atoms with Gasteiger partial charge in [-0.25, -0.2) is 0 Å². The van der Waals surface area contributed by atoms with E-state index >= 15 is 0 Å². The lowest BCUT2D eigenvalue weighted by atomic mass is 9.78. The highest BCUT2D eigenvalue weighted by atomic mass is 35.5. The van der Waals surface area contributed by atoms with Crippen LogP contribution in [0.25, 0.3) is 0 Å². The van der Waals surface area contributed by atoms with Gasteiger partial charge in [0.15, 0.2) is 0 Å². The molecule has 88 valence electrons. The molecule has 2 rings (SSSR count). The minimum absolute atomic E-state index is 0.106. The predicted molar refractivity (Wildman–Crippen MR) is 60.6 cm³/mol. The van der Waals surface area contributed by atoms with Crippen LogP contribution < -0.4 is 15.8 Å². The van der Waals surface area contributed by atoms with Crippen molar-refractivity contribution in [1.82, 2.24) is 15.0 Å². The lowest BCUT2D eigenvalue weighted by molar-refractivity contribution is 0.265. The molecule has 0 aliphatic heterocycles. The van der Waals surface area contributed by atoms with Crippen molar-refractivity contribution in [3.8, 4) is 6.01 Å². The number of hydrogen-bond donors (Lipinski definition) is 2. The van der Waals surface area contributed by atoms with Gasteiger partial charge in [0.2, 0.25) is 11.2 Å². The molecule has 0 aromatic carbocycles. The molecule has 7 heteroatoms. The molecule has 0 amide bonds. The van der Waals surface area contributed by atoms with Crippen LogP contribution in [0.5, 0.6) is 6.01 Å². The van der Waals surface area contributed by atoms with Crippen molar-refractivity contribution < 1.29 is 4.74 Å². The first-order chi connectivity index (χ1) is 7.61. The molecule has 0 spiro atoms. The number of hydrogen-bond acceptors (Lipinski definition) is 6. The van der Waals surface area contributed by atoms with Crippen molar-refractivity contribution in [1.29, 1.82) is 0 Å². The van der Waals surface area contributed by atoms with E-state index in [1.54, 1.807) is 0 Å². The maximum atomic E-state index is 6.06. The smallest absolute Gasteiger partial charge is 0.322 e. The third-order valence-corrected chi connectivity index (χ3v) is 2.89. The average molecular weight is 244 g/mol. The number of ether oxygens (including phenoxy) is 1. The van der Waals surface area contributed by atoms with E-state index in [9.17, 15) is 0 Å². The summed E-state index contributed by atoms with van der Waals surface area (Å²) < 4.78 is 4.89. The summed E-state index contributed by atoms with van der Waals surface area (Å²) in [6, 6.07) is 0.196. The van der Waals surface area contributed by atoms with Gasteiger partial charge in [0.1, 0.15) is 0 Å². The Morgan fingerprint density at radius 1 is 1.44 bits per heavy atom. The molecule has 1 aliphatic rings. The van der Waals surface area contributed by atoms with Crippen molar-refractivity contribution >= 4 is 17.5 Å². The summed E-state index contributed by atoms with van der Waals surface area (Å²) in [6.07, 6.45) is 3.23. The Morgan fingerprint density at radius 3 is 2.75 bits per heavy atom. The average Bonchev–Trinajstić information content (AvgIpc) is 2.23. The molecule has 0 unspecified atom stereocenters. The van der Waals surface area contributed by atoms with Crippen molar-refractivity contribution in [3.63, 3.8) is 0 Å². The number of nitrogens with one attached hydrogen (secondary N) is 1. The van der Waals surface area contributed by atoms with E-state index < -0.39 is 0 Å². The predicted octanol–water partition coefficient (Wildman–Crippen LogP) is 0.827. The largest absolute Gasteiger partial charge is 0.467 e. The van der Waals surface area contributed by atoms with Gasteiger partial charge in [-0.1, -0.05) is 0 Å². The van der Waals surface area contributed by atoms with Gasteiger partial charge in [0.05, 0.1) is 7.11 Å². The summed E-state index contributed by atoms with van der Waals surface area (Å²) in [5, 5.41) is 3.16. The minimum atomic E-state index is -0.133. The van der Waals surface area contributed by atoms with Crippen molar-refractivity contribution in [2.75, 3.05) is 19.0 Å². The van der Waals surface area contributed by atoms with E-state index in [0.29, 0.717) is 12.5 Å². The van der Waals surface area contributed by atoms with E-state index in [2.05, 4.69) is 20.3 Å². The fourth-order valence-corrected chi connectivity index (χ4v) is 1.72. The third-order valence-electron chi connectivity index (χ3n) is 2.72. The molecule has 0 bridgehead atoms. The number of nitrogens with zero attached hydrogens (tertiary/aromatic N) is 3. The first kappa shape index (κ1) is 11.3. The Labute approximate surface area is 98.6 Å². The number of methoxy groups -OCH3 is 1. The van der Waals surface area contributed by atoms with Crippen LogP contribution in [0.3, 0.4) is 0 Å². The monoisotopic (exact) mass is 243 g/mol. The van der Waals surface area contributed by atoms with E-state index in [1.807, 2.05) is 0 Å². The number of aromatic nitrogens is 3. The fraction of sp³-hybridized carbons (Fsp3) is 0.667. The molecule has 0 atom stereocenters. The van der Waals surface area contributed by atoms with Crippen LogP contribution in [-0.2, 0) is 0 Å². The van der Waals surface area contributed by atoms with Crippen LogP contribution in [0.15, 0.2) is 0 Å². The first-order valence-corrected chi connectivity index (χ1v) is 5.47. The molecule has 1 fully saturated rings. The zero-order valence-corrected chi connectivity index (χ0v) is 9.79. The summed E-state index contributed by atoms with van der Waals surface area (Å²) in [5.41, 5.74) is 5.93. The molecule has 16 heavy (non-hydrogen) atoms. The van der Waals surface area contributed by atoms with Crippen LogP contribution in [0.4, 0.5) is 5.95 Å². The van der Waals surface area contributed by atoms with Crippen LogP contribution in [-0.4, -0.2) is 34.1 Å². The van der Waals surface area contributed by atoms with Gasteiger partial charge in [-0.2, -0.15) is 15.0 Å². The van der Waals surface area contributed by atoms with Gasteiger partial charge < -0.3 is 15.8 Å². The molecule has 1 aromatic heterocycles. The van der Waals surface area contributed by atoms with E-state index in [1.165, 1.54) is 13.5 Å². The van der Waals surface area contributed by atoms with Gasteiger partial charge in [-0.3, -0.25) is 0 Å². The molecule has 0 radical (unpaired) electrons. The molecule has 1 heterocycles. The number of halogens is 1. The van der Waals surface area contributed by atoms with E-state index in [-0.39, 0.29) is 16.8 Å². The van der Waals surface area contributed by atoms with Gasteiger partial charge in [-0.15, -0.1) is 0 Å². The van der Waals surface area contributed by atoms with Crippen molar-refractivity contribution in [2.45, 2.75) is 24.8 Å². The van der Waals surface area contributed by atoms with Crippen LogP contribution in [0, 0.1) is 0 Å². The summed E-state index contributed by atoms with van der Waals surface area (Å²) in [4.78, 5) is 11.7. The normalized spacial score (nSPS) is 17.7. The second kappa shape index (κ2) is 4.39. The van der Waals surface area contributed by atoms with Crippen molar-refractivity contribution in [3.05, 3.63) is 5.28 Å².